The molecule has 2 aliphatic heterocycles. The molecule has 2 aliphatic rings. The minimum Gasteiger partial charge on any atom is -0.485 e. The largest absolute Gasteiger partial charge is 0.485 e. The lowest BCUT2D eigenvalue weighted by molar-refractivity contribution is -0.0476. The molecule has 5 heteroatoms. The van der Waals surface area contributed by atoms with Gasteiger partial charge in [-0.25, -0.2) is 0 Å². The van der Waals surface area contributed by atoms with Crippen molar-refractivity contribution in [2.45, 2.75) is 44.6 Å². The number of hydrogen-bond acceptors (Lipinski definition) is 5. The summed E-state index contributed by atoms with van der Waals surface area (Å²) in [7, 11) is 0. The third-order valence-electron chi connectivity index (χ3n) is 4.66. The first-order valence-corrected chi connectivity index (χ1v) is 8.27. The Balaban J connectivity index is 1.49. The Morgan fingerprint density at radius 1 is 1.35 bits per heavy atom. The fourth-order valence-electron chi connectivity index (χ4n) is 3.65. The molecular weight excluding hydrogens is 292 g/mol. The van der Waals surface area contributed by atoms with Gasteiger partial charge in [-0.15, -0.1) is 0 Å². The summed E-state index contributed by atoms with van der Waals surface area (Å²) in [4.78, 5) is 6.56. The third-order valence-corrected chi connectivity index (χ3v) is 4.66. The van der Waals surface area contributed by atoms with Crippen molar-refractivity contribution in [1.82, 2.24) is 9.88 Å². The molecule has 0 unspecified atom stereocenters. The molecule has 0 aromatic carbocycles. The third kappa shape index (κ3) is 3.12. The van der Waals surface area contributed by atoms with Crippen LogP contribution in [0.5, 0.6) is 5.75 Å². The van der Waals surface area contributed by atoms with Crippen molar-refractivity contribution in [2.24, 2.45) is 0 Å². The molecule has 2 aromatic rings. The molecule has 2 aromatic heterocycles. The first-order valence-electron chi connectivity index (χ1n) is 8.27. The lowest BCUT2D eigenvalue weighted by Crippen LogP contribution is -2.42. The van der Waals surface area contributed by atoms with Gasteiger partial charge in [-0.2, -0.15) is 0 Å². The SMILES string of the molecule is Cc1ccc(CN2C[C@@H](Oc3cccnc3)[C@H]3OCCC[C@H]32)o1. The van der Waals surface area contributed by atoms with E-state index >= 15 is 0 Å². The van der Waals surface area contributed by atoms with E-state index in [1.807, 2.05) is 25.1 Å². The Labute approximate surface area is 136 Å². The first-order chi connectivity index (χ1) is 11.3. The van der Waals surface area contributed by atoms with Crippen molar-refractivity contribution in [2.75, 3.05) is 13.2 Å². The van der Waals surface area contributed by atoms with Gasteiger partial charge in [0.05, 0.1) is 12.7 Å². The molecule has 122 valence electrons. The van der Waals surface area contributed by atoms with Crippen LogP contribution in [0.3, 0.4) is 0 Å². The number of rotatable bonds is 4. The molecule has 4 rings (SSSR count). The highest BCUT2D eigenvalue weighted by Gasteiger charge is 2.45. The summed E-state index contributed by atoms with van der Waals surface area (Å²) in [6.07, 6.45) is 5.94. The molecule has 0 radical (unpaired) electrons. The summed E-state index contributed by atoms with van der Waals surface area (Å²) in [6.45, 7) is 4.46. The lowest BCUT2D eigenvalue weighted by Gasteiger charge is -2.31. The number of ether oxygens (including phenoxy) is 2. The van der Waals surface area contributed by atoms with Crippen molar-refractivity contribution < 1.29 is 13.9 Å². The second kappa shape index (κ2) is 6.34. The van der Waals surface area contributed by atoms with Crippen LogP contribution in [0.2, 0.25) is 0 Å². The van der Waals surface area contributed by atoms with Gasteiger partial charge in [0.15, 0.2) is 0 Å². The predicted molar refractivity (Wildman–Crippen MR) is 85.3 cm³/mol. The van der Waals surface area contributed by atoms with E-state index in [2.05, 4.69) is 16.0 Å². The average molecular weight is 314 g/mol. The van der Waals surface area contributed by atoms with Crippen LogP contribution in [0.15, 0.2) is 41.1 Å². The first kappa shape index (κ1) is 14.7. The van der Waals surface area contributed by atoms with E-state index in [-0.39, 0.29) is 12.2 Å². The van der Waals surface area contributed by atoms with Crippen LogP contribution in [0.25, 0.3) is 0 Å². The predicted octanol–water partition coefficient (Wildman–Crippen LogP) is 2.79. The van der Waals surface area contributed by atoms with Gasteiger partial charge in [-0.1, -0.05) is 0 Å². The summed E-state index contributed by atoms with van der Waals surface area (Å²) in [5, 5.41) is 0. The number of hydrogen-bond donors (Lipinski definition) is 0. The molecule has 5 nitrogen and oxygen atoms in total. The number of aromatic nitrogens is 1. The number of furan rings is 1. The van der Waals surface area contributed by atoms with Crippen LogP contribution in [-0.4, -0.2) is 41.3 Å². The lowest BCUT2D eigenvalue weighted by atomic mass is 10.0. The van der Waals surface area contributed by atoms with Crippen LogP contribution in [0.4, 0.5) is 0 Å². The molecule has 3 atom stereocenters. The number of likely N-dealkylation sites (tertiary alicyclic amines) is 1. The summed E-state index contributed by atoms with van der Waals surface area (Å²) < 4.78 is 17.9. The molecule has 2 fully saturated rings. The van der Waals surface area contributed by atoms with E-state index < -0.39 is 0 Å². The molecule has 23 heavy (non-hydrogen) atoms. The molecule has 0 aliphatic carbocycles. The molecule has 2 saturated heterocycles. The van der Waals surface area contributed by atoms with Crippen LogP contribution in [0.1, 0.15) is 24.4 Å². The molecule has 0 bridgehead atoms. The van der Waals surface area contributed by atoms with Gasteiger partial charge >= 0.3 is 0 Å². The summed E-state index contributed by atoms with van der Waals surface area (Å²) in [6, 6.07) is 8.32. The highest BCUT2D eigenvalue weighted by Crippen LogP contribution is 2.32. The number of nitrogens with zero attached hydrogens (tertiary/aromatic N) is 2. The van der Waals surface area contributed by atoms with E-state index in [4.69, 9.17) is 13.9 Å². The summed E-state index contributed by atoms with van der Waals surface area (Å²) >= 11 is 0. The minimum absolute atomic E-state index is 0.0422. The zero-order chi connectivity index (χ0) is 15.6. The maximum Gasteiger partial charge on any atom is 0.139 e. The Kier molecular flexibility index (Phi) is 4.06. The van der Waals surface area contributed by atoms with Gasteiger partial charge in [-0.05, 0) is 44.0 Å². The standard InChI is InChI=1S/C18H22N2O3/c1-13-6-7-15(22-13)11-20-12-17(18-16(20)5-3-9-21-18)23-14-4-2-8-19-10-14/h2,4,6-8,10,16-18H,3,5,9,11-12H2,1H3/t16-,17-,18+/m1/s1. The molecule has 0 amide bonds. The van der Waals surface area contributed by atoms with Gasteiger partial charge in [0.2, 0.25) is 0 Å². The smallest absolute Gasteiger partial charge is 0.139 e. The maximum atomic E-state index is 6.16. The molecular formula is C18H22N2O3. The second-order valence-corrected chi connectivity index (χ2v) is 6.33. The average Bonchev–Trinajstić information content (AvgIpc) is 3.14. The van der Waals surface area contributed by atoms with Crippen LogP contribution < -0.4 is 4.74 Å². The zero-order valence-corrected chi connectivity index (χ0v) is 13.4. The molecule has 0 spiro atoms. The Morgan fingerprint density at radius 3 is 3.09 bits per heavy atom. The molecule has 0 saturated carbocycles. The number of pyridine rings is 1. The normalized spacial score (nSPS) is 27.8. The van der Waals surface area contributed by atoms with Crippen LogP contribution in [-0.2, 0) is 11.3 Å². The number of aryl methyl sites for hydroxylation is 1. The Hall–Kier alpha value is -1.85. The monoisotopic (exact) mass is 314 g/mol. The summed E-state index contributed by atoms with van der Waals surface area (Å²) in [5.41, 5.74) is 0. The van der Waals surface area contributed by atoms with Gasteiger partial charge in [0.1, 0.15) is 29.5 Å². The van der Waals surface area contributed by atoms with Crippen molar-refractivity contribution >= 4 is 0 Å². The van der Waals surface area contributed by atoms with Gasteiger partial charge in [0.25, 0.3) is 0 Å². The van der Waals surface area contributed by atoms with E-state index in [9.17, 15) is 0 Å². The second-order valence-electron chi connectivity index (χ2n) is 6.33. The molecule has 4 heterocycles. The van der Waals surface area contributed by atoms with Crippen LogP contribution >= 0.6 is 0 Å². The van der Waals surface area contributed by atoms with Gasteiger partial charge in [0, 0.05) is 25.4 Å². The highest BCUT2D eigenvalue weighted by molar-refractivity contribution is 5.17. The Bertz CT molecular complexity index is 643. The zero-order valence-electron chi connectivity index (χ0n) is 13.4. The van der Waals surface area contributed by atoms with Crippen molar-refractivity contribution in [3.05, 3.63) is 48.2 Å². The van der Waals surface area contributed by atoms with Crippen molar-refractivity contribution in [3.63, 3.8) is 0 Å². The summed E-state index contributed by atoms with van der Waals surface area (Å²) in [5.74, 6) is 2.77. The van der Waals surface area contributed by atoms with Crippen molar-refractivity contribution in [1.29, 1.82) is 0 Å². The van der Waals surface area contributed by atoms with Gasteiger partial charge in [-0.3, -0.25) is 9.88 Å². The topological polar surface area (TPSA) is 47.7 Å². The van der Waals surface area contributed by atoms with E-state index in [1.54, 1.807) is 12.4 Å². The highest BCUT2D eigenvalue weighted by atomic mass is 16.5. The fourth-order valence-corrected chi connectivity index (χ4v) is 3.65. The van der Waals surface area contributed by atoms with Gasteiger partial charge < -0.3 is 13.9 Å². The maximum absolute atomic E-state index is 6.16. The Morgan fingerprint density at radius 2 is 2.30 bits per heavy atom. The van der Waals surface area contributed by atoms with E-state index in [0.29, 0.717) is 6.04 Å². The minimum atomic E-state index is 0.0422. The van der Waals surface area contributed by atoms with Crippen molar-refractivity contribution in [3.8, 4) is 5.75 Å². The van der Waals surface area contributed by atoms with E-state index in [1.165, 1.54) is 0 Å². The quantitative estimate of drug-likeness (QED) is 0.868. The van der Waals surface area contributed by atoms with E-state index in [0.717, 1.165) is 49.8 Å². The molecule has 0 N–H and O–H groups in total. The van der Waals surface area contributed by atoms with Crippen LogP contribution in [0, 0.1) is 6.92 Å². The number of fused-ring (bicyclic) bond motifs is 1. The fraction of sp³-hybridized carbons (Fsp3) is 0.500.